The number of nitrogens with one attached hydrogen (secondary N) is 2. The number of hydrogen-bond acceptors (Lipinski definition) is 3. The Bertz CT molecular complexity index is 647. The van der Waals surface area contributed by atoms with Crippen LogP contribution < -0.4 is 10.7 Å². The van der Waals surface area contributed by atoms with Gasteiger partial charge in [0.15, 0.2) is 5.43 Å². The van der Waals surface area contributed by atoms with Gasteiger partial charge in [0.1, 0.15) is 0 Å². The molecule has 2 aromatic heterocycles. The van der Waals surface area contributed by atoms with Crippen LogP contribution in [0.15, 0.2) is 35.5 Å². The molecule has 2 aromatic rings. The van der Waals surface area contributed by atoms with Crippen molar-refractivity contribution in [3.05, 3.63) is 63.3 Å². The molecule has 0 unspecified atom stereocenters. The Balaban J connectivity index is 2.10. The molecule has 98 valence electrons. The molecule has 0 bridgehead atoms. The van der Waals surface area contributed by atoms with Gasteiger partial charge in [0.25, 0.3) is 5.91 Å². The number of H-pyrrole nitrogens is 1. The van der Waals surface area contributed by atoms with Crippen molar-refractivity contribution >= 4 is 5.91 Å². The molecular formula is C14H15N3O2. The van der Waals surface area contributed by atoms with Gasteiger partial charge in [0.2, 0.25) is 0 Å². The normalized spacial score (nSPS) is 10.2. The molecule has 1 amide bonds. The van der Waals surface area contributed by atoms with E-state index in [1.807, 2.05) is 0 Å². The molecule has 2 heterocycles. The van der Waals surface area contributed by atoms with Crippen molar-refractivity contribution in [2.45, 2.75) is 20.4 Å². The Hall–Kier alpha value is -2.43. The molecule has 0 spiro atoms. The maximum absolute atomic E-state index is 11.9. The highest BCUT2D eigenvalue weighted by molar-refractivity contribution is 5.93. The van der Waals surface area contributed by atoms with E-state index < -0.39 is 0 Å². The predicted molar refractivity (Wildman–Crippen MR) is 71.9 cm³/mol. The molecule has 0 aromatic carbocycles. The number of aromatic nitrogens is 2. The van der Waals surface area contributed by atoms with Gasteiger partial charge in [0, 0.05) is 41.0 Å². The smallest absolute Gasteiger partial charge is 0.251 e. The molecule has 0 aliphatic rings. The zero-order chi connectivity index (χ0) is 13.8. The molecule has 2 N–H and O–H groups in total. The number of carbonyl (C=O) groups is 1. The summed E-state index contributed by atoms with van der Waals surface area (Å²) in [4.78, 5) is 30.5. The van der Waals surface area contributed by atoms with Crippen LogP contribution in [-0.2, 0) is 6.54 Å². The minimum Gasteiger partial charge on any atom is -0.363 e. The first-order valence-electron chi connectivity index (χ1n) is 5.95. The zero-order valence-electron chi connectivity index (χ0n) is 10.9. The van der Waals surface area contributed by atoms with E-state index in [-0.39, 0.29) is 11.3 Å². The lowest BCUT2D eigenvalue weighted by atomic mass is 10.1. The first-order chi connectivity index (χ1) is 9.09. The minimum atomic E-state index is -0.191. The third kappa shape index (κ3) is 2.88. The van der Waals surface area contributed by atoms with Crippen LogP contribution in [0.1, 0.15) is 27.2 Å². The van der Waals surface area contributed by atoms with Crippen LogP contribution in [0.4, 0.5) is 0 Å². The average molecular weight is 257 g/mol. The lowest BCUT2D eigenvalue weighted by Gasteiger charge is -2.08. The minimum absolute atomic E-state index is 0.00640. The molecule has 5 heteroatoms. The molecule has 0 atom stereocenters. The summed E-state index contributed by atoms with van der Waals surface area (Å²) < 4.78 is 0. The predicted octanol–water partition coefficient (Wildman–Crippen LogP) is 1.32. The van der Waals surface area contributed by atoms with Gasteiger partial charge in [-0.25, -0.2) is 0 Å². The highest BCUT2D eigenvalue weighted by Crippen LogP contribution is 2.02. The number of amides is 1. The fourth-order valence-corrected chi connectivity index (χ4v) is 1.76. The summed E-state index contributed by atoms with van der Waals surface area (Å²) in [6.07, 6.45) is 4.78. The van der Waals surface area contributed by atoms with Crippen LogP contribution in [0.3, 0.4) is 0 Å². The number of rotatable bonds is 3. The fraction of sp³-hybridized carbons (Fsp3) is 0.214. The van der Waals surface area contributed by atoms with Crippen molar-refractivity contribution in [3.8, 4) is 0 Å². The zero-order valence-corrected chi connectivity index (χ0v) is 10.9. The highest BCUT2D eigenvalue weighted by atomic mass is 16.1. The maximum atomic E-state index is 11.9. The lowest BCUT2D eigenvalue weighted by Crippen LogP contribution is -2.25. The van der Waals surface area contributed by atoms with Crippen molar-refractivity contribution < 1.29 is 4.79 Å². The second-order valence-electron chi connectivity index (χ2n) is 4.32. The van der Waals surface area contributed by atoms with E-state index in [0.29, 0.717) is 23.2 Å². The number of hydrogen-bond donors (Lipinski definition) is 2. The summed E-state index contributed by atoms with van der Waals surface area (Å²) in [5.74, 6) is -0.191. The number of aromatic amines is 1. The largest absolute Gasteiger partial charge is 0.363 e. The molecule has 0 aliphatic heterocycles. The quantitative estimate of drug-likeness (QED) is 0.870. The fourth-order valence-electron chi connectivity index (χ4n) is 1.76. The van der Waals surface area contributed by atoms with Gasteiger partial charge in [-0.15, -0.1) is 0 Å². The van der Waals surface area contributed by atoms with Crippen molar-refractivity contribution in [2.24, 2.45) is 0 Å². The van der Waals surface area contributed by atoms with E-state index in [2.05, 4.69) is 15.3 Å². The van der Waals surface area contributed by atoms with E-state index >= 15 is 0 Å². The number of nitrogens with zero attached hydrogens (tertiary/aromatic N) is 1. The Morgan fingerprint density at radius 2 is 2.00 bits per heavy atom. The molecule has 2 rings (SSSR count). The van der Waals surface area contributed by atoms with Crippen LogP contribution in [0.2, 0.25) is 0 Å². The van der Waals surface area contributed by atoms with Gasteiger partial charge in [0.05, 0.1) is 6.54 Å². The Labute approximate surface area is 110 Å². The Morgan fingerprint density at radius 3 is 2.68 bits per heavy atom. The summed E-state index contributed by atoms with van der Waals surface area (Å²) in [5.41, 5.74) is 2.57. The third-order valence-corrected chi connectivity index (χ3v) is 2.98. The molecule has 0 radical (unpaired) electrons. The first kappa shape index (κ1) is 13.0. The van der Waals surface area contributed by atoms with E-state index in [9.17, 15) is 9.59 Å². The van der Waals surface area contributed by atoms with Crippen molar-refractivity contribution in [1.29, 1.82) is 0 Å². The average Bonchev–Trinajstić information content (AvgIpc) is 2.45. The Morgan fingerprint density at radius 1 is 1.32 bits per heavy atom. The summed E-state index contributed by atoms with van der Waals surface area (Å²) in [5, 5.41) is 2.77. The van der Waals surface area contributed by atoms with Crippen molar-refractivity contribution in [2.75, 3.05) is 0 Å². The second-order valence-corrected chi connectivity index (χ2v) is 4.32. The van der Waals surface area contributed by atoms with Crippen LogP contribution >= 0.6 is 0 Å². The van der Waals surface area contributed by atoms with Gasteiger partial charge in [-0.05, 0) is 26.0 Å². The second kappa shape index (κ2) is 5.48. The van der Waals surface area contributed by atoms with E-state index in [1.165, 1.54) is 0 Å². The van der Waals surface area contributed by atoms with E-state index in [0.717, 1.165) is 5.69 Å². The standard InChI is InChI=1S/C14H15N3O2/c1-9-7-16-12(10(2)13(9)18)8-17-14(19)11-3-5-15-6-4-11/h3-7H,8H2,1-2H3,(H,16,18)(H,17,19). The molecular weight excluding hydrogens is 242 g/mol. The van der Waals surface area contributed by atoms with Gasteiger partial charge >= 0.3 is 0 Å². The topological polar surface area (TPSA) is 74.8 Å². The van der Waals surface area contributed by atoms with Gasteiger partial charge < -0.3 is 10.3 Å². The third-order valence-electron chi connectivity index (χ3n) is 2.98. The molecule has 5 nitrogen and oxygen atoms in total. The van der Waals surface area contributed by atoms with Crippen LogP contribution in [0.25, 0.3) is 0 Å². The summed E-state index contributed by atoms with van der Waals surface area (Å²) in [6, 6.07) is 3.28. The number of pyridine rings is 2. The SMILES string of the molecule is Cc1c[nH]c(CNC(=O)c2ccncc2)c(C)c1=O. The molecule has 19 heavy (non-hydrogen) atoms. The molecule has 0 saturated carbocycles. The molecule has 0 fully saturated rings. The summed E-state index contributed by atoms with van der Waals surface area (Å²) >= 11 is 0. The summed E-state index contributed by atoms with van der Waals surface area (Å²) in [6.45, 7) is 3.80. The number of aryl methyl sites for hydroxylation is 1. The molecule has 0 saturated heterocycles. The van der Waals surface area contributed by atoms with Crippen molar-refractivity contribution in [3.63, 3.8) is 0 Å². The van der Waals surface area contributed by atoms with Crippen LogP contribution in [0.5, 0.6) is 0 Å². The van der Waals surface area contributed by atoms with Gasteiger partial charge in [-0.1, -0.05) is 0 Å². The van der Waals surface area contributed by atoms with Gasteiger partial charge in [-0.2, -0.15) is 0 Å². The Kier molecular flexibility index (Phi) is 3.75. The number of carbonyl (C=O) groups excluding carboxylic acids is 1. The lowest BCUT2D eigenvalue weighted by molar-refractivity contribution is 0.0950. The first-order valence-corrected chi connectivity index (χ1v) is 5.95. The monoisotopic (exact) mass is 257 g/mol. The van der Waals surface area contributed by atoms with Crippen LogP contribution in [-0.4, -0.2) is 15.9 Å². The van der Waals surface area contributed by atoms with Gasteiger partial charge in [-0.3, -0.25) is 14.6 Å². The van der Waals surface area contributed by atoms with Crippen molar-refractivity contribution in [1.82, 2.24) is 15.3 Å². The highest BCUT2D eigenvalue weighted by Gasteiger charge is 2.08. The summed E-state index contributed by atoms with van der Waals surface area (Å²) in [7, 11) is 0. The van der Waals surface area contributed by atoms with E-state index in [4.69, 9.17) is 0 Å². The van der Waals surface area contributed by atoms with Crippen LogP contribution in [0, 0.1) is 13.8 Å². The molecule has 0 aliphatic carbocycles. The van der Waals surface area contributed by atoms with E-state index in [1.54, 1.807) is 44.6 Å². The maximum Gasteiger partial charge on any atom is 0.251 e.